The van der Waals surface area contributed by atoms with Crippen LogP contribution in [0.2, 0.25) is 0 Å². The molecule has 0 spiro atoms. The molecule has 0 radical (unpaired) electrons. The summed E-state index contributed by atoms with van der Waals surface area (Å²) >= 11 is 0. The van der Waals surface area contributed by atoms with Crippen LogP contribution in [-0.2, 0) is 4.74 Å². The molecular formula is C15H23NO3. The Morgan fingerprint density at radius 2 is 2.32 bits per heavy atom. The van der Waals surface area contributed by atoms with Crippen molar-refractivity contribution in [2.75, 3.05) is 20.3 Å². The van der Waals surface area contributed by atoms with Gasteiger partial charge in [-0.05, 0) is 44.9 Å². The molecule has 4 nitrogen and oxygen atoms in total. The van der Waals surface area contributed by atoms with Crippen LogP contribution in [0.15, 0.2) is 18.2 Å². The molecule has 1 aliphatic rings. The number of hydrogen-bond acceptors (Lipinski definition) is 4. The average molecular weight is 265 g/mol. The van der Waals surface area contributed by atoms with Crippen molar-refractivity contribution in [2.45, 2.75) is 38.3 Å². The average Bonchev–Trinajstić information content (AvgIpc) is 2.84. The van der Waals surface area contributed by atoms with E-state index in [-0.39, 0.29) is 11.6 Å². The Balaban J connectivity index is 2.01. The van der Waals surface area contributed by atoms with Crippen molar-refractivity contribution >= 4 is 0 Å². The summed E-state index contributed by atoms with van der Waals surface area (Å²) in [5.74, 6) is 1.04. The highest BCUT2D eigenvalue weighted by atomic mass is 16.5. The van der Waals surface area contributed by atoms with Crippen LogP contribution in [-0.4, -0.2) is 31.0 Å². The Labute approximate surface area is 114 Å². The lowest BCUT2D eigenvalue weighted by Crippen LogP contribution is -2.38. The minimum atomic E-state index is -0.0806. The molecule has 0 aliphatic carbocycles. The van der Waals surface area contributed by atoms with Gasteiger partial charge in [-0.1, -0.05) is 0 Å². The minimum absolute atomic E-state index is 0.0520. The van der Waals surface area contributed by atoms with E-state index in [4.69, 9.17) is 9.47 Å². The van der Waals surface area contributed by atoms with E-state index in [0.29, 0.717) is 5.75 Å². The molecule has 1 heterocycles. The van der Waals surface area contributed by atoms with Gasteiger partial charge in [-0.2, -0.15) is 0 Å². The number of phenols is 1. The second kappa shape index (κ2) is 5.80. The van der Waals surface area contributed by atoms with Gasteiger partial charge in [0.2, 0.25) is 0 Å². The van der Waals surface area contributed by atoms with Crippen LogP contribution < -0.4 is 10.1 Å². The number of ether oxygens (including phenoxy) is 2. The summed E-state index contributed by atoms with van der Waals surface area (Å²) in [7, 11) is 1.63. The topological polar surface area (TPSA) is 50.7 Å². The van der Waals surface area contributed by atoms with Crippen molar-refractivity contribution in [1.29, 1.82) is 0 Å². The lowest BCUT2D eigenvalue weighted by Gasteiger charge is -2.26. The molecule has 2 N–H and O–H groups in total. The van der Waals surface area contributed by atoms with Gasteiger partial charge in [0.15, 0.2) is 0 Å². The molecule has 1 fully saturated rings. The van der Waals surface area contributed by atoms with E-state index in [1.807, 2.05) is 13.0 Å². The highest BCUT2D eigenvalue weighted by Crippen LogP contribution is 2.30. The lowest BCUT2D eigenvalue weighted by molar-refractivity contribution is 0.0190. The summed E-state index contributed by atoms with van der Waals surface area (Å²) < 4.78 is 10.9. The maximum Gasteiger partial charge on any atom is 0.120 e. The first-order valence-electron chi connectivity index (χ1n) is 6.78. The van der Waals surface area contributed by atoms with Crippen molar-refractivity contribution in [3.05, 3.63) is 23.8 Å². The molecule has 0 amide bonds. The molecule has 1 saturated heterocycles. The van der Waals surface area contributed by atoms with E-state index in [2.05, 4.69) is 12.2 Å². The minimum Gasteiger partial charge on any atom is -0.508 e. The first-order chi connectivity index (χ1) is 9.04. The van der Waals surface area contributed by atoms with E-state index >= 15 is 0 Å². The molecule has 2 unspecified atom stereocenters. The molecule has 0 saturated carbocycles. The molecular weight excluding hydrogens is 242 g/mol. The summed E-state index contributed by atoms with van der Waals surface area (Å²) in [5.41, 5.74) is 0.767. The number of aromatic hydroxyl groups is 1. The molecule has 1 aromatic rings. The zero-order valence-corrected chi connectivity index (χ0v) is 11.9. The SMILES string of the molecule is COc1ccc(O)c(C(C)NCC2(C)CCCO2)c1. The third-order valence-electron chi connectivity index (χ3n) is 3.78. The quantitative estimate of drug-likeness (QED) is 0.859. The molecule has 2 atom stereocenters. The molecule has 106 valence electrons. The maximum atomic E-state index is 9.93. The van der Waals surface area contributed by atoms with Crippen molar-refractivity contribution in [2.24, 2.45) is 0 Å². The van der Waals surface area contributed by atoms with Gasteiger partial charge >= 0.3 is 0 Å². The zero-order chi connectivity index (χ0) is 13.9. The molecule has 1 aromatic carbocycles. The highest BCUT2D eigenvalue weighted by Gasteiger charge is 2.30. The molecule has 0 bridgehead atoms. The third-order valence-corrected chi connectivity index (χ3v) is 3.78. The van der Waals surface area contributed by atoms with Gasteiger partial charge in [0, 0.05) is 24.8 Å². The Kier molecular flexibility index (Phi) is 4.32. The fourth-order valence-electron chi connectivity index (χ4n) is 2.46. The number of nitrogens with one attached hydrogen (secondary N) is 1. The summed E-state index contributed by atoms with van der Waals surface area (Å²) in [6.45, 7) is 5.79. The van der Waals surface area contributed by atoms with E-state index in [9.17, 15) is 5.11 Å². The van der Waals surface area contributed by atoms with Gasteiger partial charge < -0.3 is 19.9 Å². The maximum absolute atomic E-state index is 9.93. The van der Waals surface area contributed by atoms with Gasteiger partial charge in [-0.15, -0.1) is 0 Å². The smallest absolute Gasteiger partial charge is 0.120 e. The third kappa shape index (κ3) is 3.39. The van der Waals surface area contributed by atoms with Crippen LogP contribution in [0.25, 0.3) is 0 Å². The number of rotatable bonds is 5. The largest absolute Gasteiger partial charge is 0.508 e. The normalized spacial score (nSPS) is 24.4. The second-order valence-electron chi connectivity index (χ2n) is 5.43. The van der Waals surface area contributed by atoms with E-state index in [0.717, 1.165) is 37.3 Å². The van der Waals surface area contributed by atoms with Gasteiger partial charge in [0.25, 0.3) is 0 Å². The Hall–Kier alpha value is -1.26. The van der Waals surface area contributed by atoms with Crippen LogP contribution in [0.4, 0.5) is 0 Å². The molecule has 4 heteroatoms. The Morgan fingerprint density at radius 1 is 1.53 bits per heavy atom. The first-order valence-corrected chi connectivity index (χ1v) is 6.78. The van der Waals surface area contributed by atoms with Crippen molar-refractivity contribution in [3.63, 3.8) is 0 Å². The van der Waals surface area contributed by atoms with Gasteiger partial charge in [0.1, 0.15) is 11.5 Å². The molecule has 19 heavy (non-hydrogen) atoms. The first kappa shape index (κ1) is 14.2. The van der Waals surface area contributed by atoms with Crippen LogP contribution in [0.3, 0.4) is 0 Å². The summed E-state index contributed by atoms with van der Waals surface area (Å²) in [6.07, 6.45) is 2.20. The van der Waals surface area contributed by atoms with Crippen LogP contribution in [0.5, 0.6) is 11.5 Å². The molecule has 0 aromatic heterocycles. The predicted octanol–water partition coefficient (Wildman–Crippen LogP) is 2.62. The monoisotopic (exact) mass is 265 g/mol. The number of methoxy groups -OCH3 is 1. The van der Waals surface area contributed by atoms with Crippen LogP contribution in [0, 0.1) is 0 Å². The number of benzene rings is 1. The van der Waals surface area contributed by atoms with Crippen LogP contribution in [0.1, 0.15) is 38.3 Å². The van der Waals surface area contributed by atoms with Crippen molar-refractivity contribution < 1.29 is 14.6 Å². The fraction of sp³-hybridized carbons (Fsp3) is 0.600. The summed E-state index contributed by atoms with van der Waals surface area (Å²) in [5, 5.41) is 13.4. The predicted molar refractivity (Wildman–Crippen MR) is 74.7 cm³/mol. The van der Waals surface area contributed by atoms with E-state index < -0.39 is 0 Å². The number of hydrogen-bond donors (Lipinski definition) is 2. The Morgan fingerprint density at radius 3 is 2.95 bits per heavy atom. The van der Waals surface area contributed by atoms with Crippen molar-refractivity contribution in [1.82, 2.24) is 5.32 Å². The zero-order valence-electron chi connectivity index (χ0n) is 11.9. The van der Waals surface area contributed by atoms with Gasteiger partial charge in [-0.3, -0.25) is 0 Å². The van der Waals surface area contributed by atoms with E-state index in [1.54, 1.807) is 19.2 Å². The van der Waals surface area contributed by atoms with Gasteiger partial charge in [-0.25, -0.2) is 0 Å². The van der Waals surface area contributed by atoms with Gasteiger partial charge in [0.05, 0.1) is 12.7 Å². The highest BCUT2D eigenvalue weighted by molar-refractivity contribution is 5.41. The number of phenolic OH excluding ortho intramolecular Hbond substituents is 1. The summed E-state index contributed by atoms with van der Waals surface area (Å²) in [6, 6.07) is 5.34. The molecule has 1 aliphatic heterocycles. The van der Waals surface area contributed by atoms with Crippen molar-refractivity contribution in [3.8, 4) is 11.5 Å². The standard InChI is InChI=1S/C15H23NO3/c1-11(16-10-15(2)7-4-8-19-15)13-9-12(18-3)5-6-14(13)17/h5-6,9,11,16-17H,4,7-8,10H2,1-3H3. The summed E-state index contributed by atoms with van der Waals surface area (Å²) in [4.78, 5) is 0. The fourth-order valence-corrected chi connectivity index (χ4v) is 2.46. The molecule has 2 rings (SSSR count). The second-order valence-corrected chi connectivity index (χ2v) is 5.43. The lowest BCUT2D eigenvalue weighted by atomic mass is 10.0. The Bertz CT molecular complexity index is 427. The van der Waals surface area contributed by atoms with Crippen LogP contribution >= 0.6 is 0 Å². The van der Waals surface area contributed by atoms with E-state index in [1.165, 1.54) is 0 Å².